The molecule has 0 fully saturated rings. The summed E-state index contributed by atoms with van der Waals surface area (Å²) in [6, 6.07) is 9.10. The Morgan fingerprint density at radius 2 is 1.86 bits per heavy atom. The number of methoxy groups -OCH3 is 1. The average molecular weight is 407 g/mol. The molecule has 2 atom stereocenters. The molecule has 29 heavy (non-hydrogen) atoms. The molecule has 9 heteroatoms. The number of ether oxygens (including phenoxy) is 2. The fraction of sp³-hybridized carbons (Fsp3) is 0.300. The molecule has 154 valence electrons. The van der Waals surface area contributed by atoms with Crippen LogP contribution in [0.3, 0.4) is 0 Å². The SMILES string of the molecule is COc1ccc(C(C)NC(=O)c2cc3cc(OC(F)C(F)F)ccc3n2C)nc1. The Bertz CT molecular complexity index is 1010. The summed E-state index contributed by atoms with van der Waals surface area (Å²) in [4.78, 5) is 17.0. The van der Waals surface area contributed by atoms with Crippen molar-refractivity contribution in [2.45, 2.75) is 25.7 Å². The maximum Gasteiger partial charge on any atom is 0.304 e. The molecule has 0 aliphatic heterocycles. The van der Waals surface area contributed by atoms with Crippen molar-refractivity contribution >= 4 is 16.8 Å². The van der Waals surface area contributed by atoms with Crippen LogP contribution in [-0.4, -0.2) is 35.4 Å². The molecule has 6 nitrogen and oxygen atoms in total. The first-order valence-electron chi connectivity index (χ1n) is 8.79. The van der Waals surface area contributed by atoms with Gasteiger partial charge in [-0.05, 0) is 43.3 Å². The summed E-state index contributed by atoms with van der Waals surface area (Å²) in [6.45, 7) is 1.80. The van der Waals surface area contributed by atoms with Gasteiger partial charge in [0.25, 0.3) is 12.3 Å². The second-order valence-corrected chi connectivity index (χ2v) is 6.43. The molecule has 3 aromatic rings. The van der Waals surface area contributed by atoms with Crippen molar-refractivity contribution in [2.75, 3.05) is 7.11 Å². The second kappa shape index (κ2) is 8.42. The molecule has 3 rings (SSSR count). The van der Waals surface area contributed by atoms with E-state index >= 15 is 0 Å². The highest BCUT2D eigenvalue weighted by molar-refractivity contribution is 5.99. The number of alkyl halides is 3. The van der Waals surface area contributed by atoms with Crippen molar-refractivity contribution in [2.24, 2.45) is 7.05 Å². The van der Waals surface area contributed by atoms with Gasteiger partial charge in [0, 0.05) is 18.0 Å². The minimum absolute atomic E-state index is 0.0429. The van der Waals surface area contributed by atoms with Crippen molar-refractivity contribution < 1.29 is 27.4 Å². The molecule has 0 bridgehead atoms. The molecule has 2 heterocycles. The molecule has 0 saturated heterocycles. The molecule has 1 N–H and O–H groups in total. The van der Waals surface area contributed by atoms with Crippen LogP contribution in [0.2, 0.25) is 0 Å². The number of hydrogen-bond donors (Lipinski definition) is 1. The predicted molar refractivity (Wildman–Crippen MR) is 101 cm³/mol. The number of hydrogen-bond acceptors (Lipinski definition) is 4. The largest absolute Gasteiger partial charge is 0.495 e. The number of carbonyl (C=O) groups is 1. The molecule has 0 spiro atoms. The van der Waals surface area contributed by atoms with Gasteiger partial charge in [-0.1, -0.05) is 0 Å². The summed E-state index contributed by atoms with van der Waals surface area (Å²) in [5.41, 5.74) is 1.68. The zero-order valence-corrected chi connectivity index (χ0v) is 16.0. The normalized spacial score (nSPS) is 13.3. The Balaban J connectivity index is 1.79. The number of nitrogens with one attached hydrogen (secondary N) is 1. The Labute approximate surface area is 165 Å². The third kappa shape index (κ3) is 4.44. The van der Waals surface area contributed by atoms with E-state index in [9.17, 15) is 18.0 Å². The lowest BCUT2D eigenvalue weighted by molar-refractivity contribution is -0.0668. The number of carbonyl (C=O) groups excluding carboxylic acids is 1. The molecule has 1 aromatic carbocycles. The van der Waals surface area contributed by atoms with E-state index in [0.29, 0.717) is 28.0 Å². The van der Waals surface area contributed by atoms with Crippen molar-refractivity contribution in [3.63, 3.8) is 0 Å². The molecule has 2 aromatic heterocycles. The number of benzene rings is 1. The molecule has 1 amide bonds. The van der Waals surface area contributed by atoms with Gasteiger partial charge in [0.1, 0.15) is 17.2 Å². The number of pyridine rings is 1. The van der Waals surface area contributed by atoms with E-state index in [-0.39, 0.29) is 17.7 Å². The second-order valence-electron chi connectivity index (χ2n) is 6.43. The fourth-order valence-electron chi connectivity index (χ4n) is 2.91. The van der Waals surface area contributed by atoms with Gasteiger partial charge in [-0.15, -0.1) is 0 Å². The quantitative estimate of drug-likeness (QED) is 0.643. The summed E-state index contributed by atoms with van der Waals surface area (Å²) in [5, 5.41) is 3.42. The van der Waals surface area contributed by atoms with Crippen LogP contribution in [0, 0.1) is 0 Å². The molecule has 0 aliphatic rings. The molecule has 0 aliphatic carbocycles. The van der Waals surface area contributed by atoms with Crippen molar-refractivity contribution in [1.82, 2.24) is 14.9 Å². The van der Waals surface area contributed by atoms with Gasteiger partial charge < -0.3 is 19.4 Å². The van der Waals surface area contributed by atoms with Gasteiger partial charge in [0.2, 0.25) is 0 Å². The maximum absolute atomic E-state index is 13.1. The third-order valence-corrected chi connectivity index (χ3v) is 4.48. The summed E-state index contributed by atoms with van der Waals surface area (Å²) in [6.07, 6.45) is -4.39. The van der Waals surface area contributed by atoms with E-state index in [1.54, 1.807) is 56.1 Å². The van der Waals surface area contributed by atoms with Crippen LogP contribution in [0.1, 0.15) is 29.1 Å². The lowest BCUT2D eigenvalue weighted by Crippen LogP contribution is -2.28. The van der Waals surface area contributed by atoms with E-state index < -0.39 is 12.8 Å². The van der Waals surface area contributed by atoms with Crippen LogP contribution in [0.15, 0.2) is 42.6 Å². The molecular formula is C20H20F3N3O3. The zero-order valence-electron chi connectivity index (χ0n) is 16.0. The number of rotatable bonds is 7. The van der Waals surface area contributed by atoms with Crippen LogP contribution in [0.25, 0.3) is 10.9 Å². The topological polar surface area (TPSA) is 65.4 Å². The van der Waals surface area contributed by atoms with Crippen LogP contribution in [0.5, 0.6) is 11.5 Å². The van der Waals surface area contributed by atoms with Gasteiger partial charge in [-0.25, -0.2) is 8.78 Å². The Hall–Kier alpha value is -3.23. The highest BCUT2D eigenvalue weighted by Crippen LogP contribution is 2.26. The Morgan fingerprint density at radius 1 is 1.14 bits per heavy atom. The summed E-state index contributed by atoms with van der Waals surface area (Å²) in [7, 11) is 3.24. The van der Waals surface area contributed by atoms with E-state index in [4.69, 9.17) is 4.74 Å². The summed E-state index contributed by atoms with van der Waals surface area (Å²) in [5.74, 6) is 0.229. The highest BCUT2D eigenvalue weighted by Gasteiger charge is 2.22. The lowest BCUT2D eigenvalue weighted by atomic mass is 10.2. The standard InChI is InChI=1S/C20H20F3N3O3/c1-11(15-6-4-14(28-3)10-24-15)25-20(27)17-9-12-8-13(29-19(23)18(21)22)5-7-16(12)26(17)2/h4-11,18-19H,1-3H3,(H,25,27). The van der Waals surface area contributed by atoms with Gasteiger partial charge in [0.15, 0.2) is 0 Å². The molecule has 0 saturated carbocycles. The summed E-state index contributed by atoms with van der Waals surface area (Å²) >= 11 is 0. The number of nitrogens with zero attached hydrogens (tertiary/aromatic N) is 2. The zero-order chi connectivity index (χ0) is 21.1. The van der Waals surface area contributed by atoms with Gasteiger partial charge in [0.05, 0.1) is 25.0 Å². The number of halogens is 3. The minimum atomic E-state index is -3.24. The number of aryl methyl sites for hydroxylation is 1. The molecular weight excluding hydrogens is 387 g/mol. The lowest BCUT2D eigenvalue weighted by Gasteiger charge is -2.14. The van der Waals surface area contributed by atoms with Gasteiger partial charge in [-0.3, -0.25) is 9.78 Å². The Kier molecular flexibility index (Phi) is 5.95. The van der Waals surface area contributed by atoms with Crippen molar-refractivity contribution in [3.05, 3.63) is 54.0 Å². The van der Waals surface area contributed by atoms with Gasteiger partial charge >= 0.3 is 6.43 Å². The van der Waals surface area contributed by atoms with Crippen LogP contribution in [0.4, 0.5) is 13.2 Å². The smallest absolute Gasteiger partial charge is 0.304 e. The van der Waals surface area contributed by atoms with E-state index in [2.05, 4.69) is 15.0 Å². The summed E-state index contributed by atoms with van der Waals surface area (Å²) < 4.78 is 49.1. The number of fused-ring (bicyclic) bond motifs is 1. The minimum Gasteiger partial charge on any atom is -0.495 e. The number of amides is 1. The first-order valence-corrected chi connectivity index (χ1v) is 8.79. The van der Waals surface area contributed by atoms with E-state index in [0.717, 1.165) is 0 Å². The third-order valence-electron chi connectivity index (χ3n) is 4.48. The monoisotopic (exact) mass is 407 g/mol. The molecule has 0 radical (unpaired) electrons. The van der Waals surface area contributed by atoms with Gasteiger partial charge in [-0.2, -0.15) is 4.39 Å². The first kappa shape index (κ1) is 20.5. The van der Waals surface area contributed by atoms with Crippen molar-refractivity contribution in [1.29, 1.82) is 0 Å². The van der Waals surface area contributed by atoms with E-state index in [1.165, 1.54) is 12.1 Å². The highest BCUT2D eigenvalue weighted by atomic mass is 19.3. The first-order chi connectivity index (χ1) is 13.8. The maximum atomic E-state index is 13.1. The Morgan fingerprint density at radius 3 is 2.48 bits per heavy atom. The molecule has 2 unspecified atom stereocenters. The van der Waals surface area contributed by atoms with Crippen LogP contribution >= 0.6 is 0 Å². The predicted octanol–water partition coefficient (Wildman–Crippen LogP) is 4.01. The number of aromatic nitrogens is 2. The average Bonchev–Trinajstić information content (AvgIpc) is 3.04. The van der Waals surface area contributed by atoms with Crippen LogP contribution < -0.4 is 14.8 Å². The fourth-order valence-corrected chi connectivity index (χ4v) is 2.91. The van der Waals surface area contributed by atoms with E-state index in [1.807, 2.05) is 0 Å². The van der Waals surface area contributed by atoms with Crippen molar-refractivity contribution in [3.8, 4) is 11.5 Å². The van der Waals surface area contributed by atoms with Crippen LogP contribution in [-0.2, 0) is 7.05 Å².